The van der Waals surface area contributed by atoms with Crippen molar-refractivity contribution in [1.82, 2.24) is 15.2 Å². The molecule has 1 N–H and O–H groups in total. The zero-order chi connectivity index (χ0) is 22.6. The molecule has 1 saturated heterocycles. The zero-order valence-electron chi connectivity index (χ0n) is 16.6. The molecule has 3 aromatic rings. The standard InChI is InChI=1S/C20H19F3N4O3S/c1-11-9-27(10-12(2)31(11,29)30)19-18-15(4-3-7-24-18)17(25-26-19)14-6-5-13(8-16(14)28)20(21,22)23/h3-8,11-12,28H,9-10H2,1-2H3. The molecule has 2 aromatic heterocycles. The van der Waals surface area contributed by atoms with Gasteiger partial charge in [-0.25, -0.2) is 8.42 Å². The summed E-state index contributed by atoms with van der Waals surface area (Å²) in [6.07, 6.45) is -3.05. The van der Waals surface area contributed by atoms with E-state index < -0.39 is 37.8 Å². The maximum atomic E-state index is 12.9. The molecule has 0 saturated carbocycles. The molecule has 0 spiro atoms. The Morgan fingerprint density at radius 3 is 2.39 bits per heavy atom. The monoisotopic (exact) mass is 452 g/mol. The fourth-order valence-electron chi connectivity index (χ4n) is 3.77. The van der Waals surface area contributed by atoms with Gasteiger partial charge in [-0.1, -0.05) is 0 Å². The van der Waals surface area contributed by atoms with Crippen LogP contribution in [0.15, 0.2) is 36.5 Å². The molecule has 3 heterocycles. The van der Waals surface area contributed by atoms with Crippen LogP contribution in [-0.4, -0.2) is 52.3 Å². The number of phenolic OH excluding ortho intramolecular Hbond substituents is 1. The summed E-state index contributed by atoms with van der Waals surface area (Å²) in [6, 6.07) is 5.98. The van der Waals surface area contributed by atoms with Gasteiger partial charge in [-0.05, 0) is 44.2 Å². The first-order valence-corrected chi connectivity index (χ1v) is 11.1. The molecule has 7 nitrogen and oxygen atoms in total. The number of aromatic nitrogens is 3. The van der Waals surface area contributed by atoms with Crippen LogP contribution in [0.2, 0.25) is 0 Å². The van der Waals surface area contributed by atoms with E-state index in [0.29, 0.717) is 22.8 Å². The highest BCUT2D eigenvalue weighted by molar-refractivity contribution is 7.92. The van der Waals surface area contributed by atoms with Crippen LogP contribution in [0.5, 0.6) is 5.75 Å². The van der Waals surface area contributed by atoms with Crippen LogP contribution in [0.1, 0.15) is 19.4 Å². The quantitative estimate of drug-likeness (QED) is 0.636. The molecule has 1 fully saturated rings. The van der Waals surface area contributed by atoms with Gasteiger partial charge in [-0.3, -0.25) is 4.98 Å². The van der Waals surface area contributed by atoms with E-state index in [4.69, 9.17) is 0 Å². The van der Waals surface area contributed by atoms with Gasteiger partial charge in [-0.2, -0.15) is 13.2 Å². The van der Waals surface area contributed by atoms with Crippen LogP contribution in [-0.2, 0) is 16.0 Å². The number of pyridine rings is 1. The van der Waals surface area contributed by atoms with Gasteiger partial charge in [0, 0.05) is 30.2 Å². The number of nitrogens with zero attached hydrogens (tertiary/aromatic N) is 4. The van der Waals surface area contributed by atoms with E-state index in [1.807, 2.05) is 0 Å². The summed E-state index contributed by atoms with van der Waals surface area (Å²) in [5.41, 5.74) is -0.277. The number of alkyl halides is 3. The number of hydrogen-bond donors (Lipinski definition) is 1. The Balaban J connectivity index is 1.82. The second-order valence-electron chi connectivity index (χ2n) is 7.62. The smallest absolute Gasteiger partial charge is 0.416 e. The van der Waals surface area contributed by atoms with Crippen molar-refractivity contribution in [2.45, 2.75) is 30.5 Å². The van der Waals surface area contributed by atoms with Crippen molar-refractivity contribution < 1.29 is 26.7 Å². The minimum Gasteiger partial charge on any atom is -0.507 e. The van der Waals surface area contributed by atoms with Gasteiger partial charge in [0.1, 0.15) is 17.0 Å². The first kappa shape index (κ1) is 21.3. The van der Waals surface area contributed by atoms with Crippen LogP contribution in [0, 0.1) is 0 Å². The minimum atomic E-state index is -4.59. The lowest BCUT2D eigenvalue weighted by atomic mass is 10.0. The van der Waals surface area contributed by atoms with Crippen LogP contribution in [0.4, 0.5) is 19.0 Å². The Kier molecular flexibility index (Phi) is 5.03. The van der Waals surface area contributed by atoms with Crippen molar-refractivity contribution in [3.8, 4) is 17.0 Å². The lowest BCUT2D eigenvalue weighted by Crippen LogP contribution is -2.50. The van der Waals surface area contributed by atoms with Crippen molar-refractivity contribution in [2.24, 2.45) is 0 Å². The van der Waals surface area contributed by atoms with Gasteiger partial charge in [0.2, 0.25) is 0 Å². The topological polar surface area (TPSA) is 96.3 Å². The van der Waals surface area contributed by atoms with Gasteiger partial charge in [0.25, 0.3) is 0 Å². The fraction of sp³-hybridized carbons (Fsp3) is 0.350. The van der Waals surface area contributed by atoms with E-state index in [1.165, 1.54) is 6.20 Å². The average Bonchev–Trinajstić information content (AvgIpc) is 2.71. The second-order valence-corrected chi connectivity index (χ2v) is 10.4. The summed E-state index contributed by atoms with van der Waals surface area (Å²) in [5.74, 6) is -0.187. The maximum absolute atomic E-state index is 12.9. The number of phenols is 1. The molecule has 0 aliphatic carbocycles. The molecule has 0 radical (unpaired) electrons. The average molecular weight is 452 g/mol. The molecule has 0 amide bonds. The fourth-order valence-corrected chi connectivity index (χ4v) is 5.33. The second kappa shape index (κ2) is 7.33. The molecular formula is C20H19F3N4O3S. The Morgan fingerprint density at radius 2 is 1.77 bits per heavy atom. The lowest BCUT2D eigenvalue weighted by Gasteiger charge is -2.35. The summed E-state index contributed by atoms with van der Waals surface area (Å²) < 4.78 is 63.5. The van der Waals surface area contributed by atoms with E-state index in [9.17, 15) is 26.7 Å². The lowest BCUT2D eigenvalue weighted by molar-refractivity contribution is -0.137. The third kappa shape index (κ3) is 3.67. The first-order valence-electron chi connectivity index (χ1n) is 9.49. The van der Waals surface area contributed by atoms with Gasteiger partial charge < -0.3 is 10.0 Å². The Morgan fingerprint density at radius 1 is 1.10 bits per heavy atom. The van der Waals surface area contributed by atoms with E-state index >= 15 is 0 Å². The van der Waals surface area contributed by atoms with Crippen LogP contribution in [0.3, 0.4) is 0 Å². The van der Waals surface area contributed by atoms with Crippen molar-refractivity contribution >= 4 is 26.6 Å². The highest BCUT2D eigenvalue weighted by atomic mass is 32.2. The summed E-state index contributed by atoms with van der Waals surface area (Å²) in [4.78, 5) is 6.16. The molecular weight excluding hydrogens is 433 g/mol. The van der Waals surface area contributed by atoms with Crippen molar-refractivity contribution in [2.75, 3.05) is 18.0 Å². The molecule has 11 heteroatoms. The third-order valence-electron chi connectivity index (χ3n) is 5.48. The SMILES string of the molecule is CC1CN(c2nnc(-c3ccc(C(F)(F)F)cc3O)c3cccnc23)CC(C)S1(=O)=O. The summed E-state index contributed by atoms with van der Waals surface area (Å²) in [6.45, 7) is 3.71. The van der Waals surface area contributed by atoms with Crippen molar-refractivity contribution in [1.29, 1.82) is 0 Å². The molecule has 2 atom stereocenters. The number of sulfone groups is 1. The van der Waals surface area contributed by atoms with Crippen LogP contribution >= 0.6 is 0 Å². The summed E-state index contributed by atoms with van der Waals surface area (Å²) >= 11 is 0. The Hall–Kier alpha value is -2.95. The third-order valence-corrected chi connectivity index (χ3v) is 8.02. The number of anilines is 1. The minimum absolute atomic E-state index is 0.0907. The zero-order valence-corrected chi connectivity index (χ0v) is 17.4. The highest BCUT2D eigenvalue weighted by Gasteiger charge is 2.37. The molecule has 0 bridgehead atoms. The van der Waals surface area contributed by atoms with Gasteiger partial charge in [0.05, 0.1) is 16.1 Å². The van der Waals surface area contributed by atoms with Gasteiger partial charge in [-0.15, -0.1) is 10.2 Å². The molecule has 31 heavy (non-hydrogen) atoms. The van der Waals surface area contributed by atoms with Crippen molar-refractivity contribution in [3.05, 3.63) is 42.1 Å². The Bertz CT molecular complexity index is 1250. The number of benzene rings is 1. The number of aromatic hydroxyl groups is 1. The Labute approximate surface area is 176 Å². The predicted octanol–water partition coefficient (Wildman–Crippen LogP) is 3.43. The molecule has 2 unspecified atom stereocenters. The number of hydrogen-bond acceptors (Lipinski definition) is 7. The van der Waals surface area contributed by atoms with Crippen LogP contribution in [0.25, 0.3) is 22.2 Å². The summed E-state index contributed by atoms with van der Waals surface area (Å²) in [5, 5.41) is 17.9. The first-order chi connectivity index (χ1) is 14.5. The van der Waals surface area contributed by atoms with E-state index in [1.54, 1.807) is 30.9 Å². The van der Waals surface area contributed by atoms with E-state index in [2.05, 4.69) is 15.2 Å². The highest BCUT2D eigenvalue weighted by Crippen LogP contribution is 2.39. The van der Waals surface area contributed by atoms with Crippen molar-refractivity contribution in [3.63, 3.8) is 0 Å². The van der Waals surface area contributed by atoms with Gasteiger partial charge in [0.15, 0.2) is 15.7 Å². The predicted molar refractivity (Wildman–Crippen MR) is 109 cm³/mol. The number of fused-ring (bicyclic) bond motifs is 1. The molecule has 1 aliphatic rings. The number of rotatable bonds is 2. The molecule has 1 aromatic carbocycles. The van der Waals surface area contributed by atoms with E-state index in [0.717, 1.165) is 12.1 Å². The number of halogens is 3. The van der Waals surface area contributed by atoms with E-state index in [-0.39, 0.29) is 24.3 Å². The maximum Gasteiger partial charge on any atom is 0.416 e. The summed E-state index contributed by atoms with van der Waals surface area (Å²) in [7, 11) is -3.24. The molecule has 4 rings (SSSR count). The molecule has 1 aliphatic heterocycles. The normalized spacial score (nSPS) is 21.4. The molecule has 164 valence electrons. The van der Waals surface area contributed by atoms with Crippen LogP contribution < -0.4 is 4.90 Å². The van der Waals surface area contributed by atoms with Gasteiger partial charge >= 0.3 is 6.18 Å². The largest absolute Gasteiger partial charge is 0.507 e.